The van der Waals surface area contributed by atoms with E-state index in [9.17, 15) is 9.90 Å². The van der Waals surface area contributed by atoms with Gasteiger partial charge in [-0.25, -0.2) is 0 Å². The van der Waals surface area contributed by atoms with Gasteiger partial charge in [0.15, 0.2) is 0 Å². The van der Waals surface area contributed by atoms with Crippen LogP contribution in [0.25, 0.3) is 0 Å². The van der Waals surface area contributed by atoms with Gasteiger partial charge in [0, 0.05) is 18.6 Å². The van der Waals surface area contributed by atoms with Gasteiger partial charge < -0.3 is 5.11 Å². The van der Waals surface area contributed by atoms with Gasteiger partial charge in [0.05, 0.1) is 5.41 Å². The zero-order valence-corrected chi connectivity index (χ0v) is 9.63. The number of carbonyl (C=O) groups is 1. The van der Waals surface area contributed by atoms with Gasteiger partial charge >= 0.3 is 5.97 Å². The average Bonchev–Trinajstić information content (AvgIpc) is 1.92. The molecule has 0 bridgehead atoms. The van der Waals surface area contributed by atoms with Crippen LogP contribution in [0, 0.1) is 5.41 Å². The summed E-state index contributed by atoms with van der Waals surface area (Å²) < 4.78 is 0. The molecule has 1 rings (SSSR count). The number of rotatable bonds is 3. The number of likely N-dealkylation sites (tertiary alicyclic amines) is 1. The van der Waals surface area contributed by atoms with Gasteiger partial charge in [-0.2, -0.15) is 0 Å². The normalized spacial score (nSPS) is 21.7. The quantitative estimate of drug-likeness (QED) is 0.755. The van der Waals surface area contributed by atoms with Crippen molar-refractivity contribution in [2.24, 2.45) is 5.41 Å². The molecular formula is C11H21NO2. The topological polar surface area (TPSA) is 40.5 Å². The molecule has 1 saturated heterocycles. The molecule has 0 atom stereocenters. The second-order valence-corrected chi connectivity index (χ2v) is 5.36. The van der Waals surface area contributed by atoms with Gasteiger partial charge in [-0.3, -0.25) is 9.69 Å². The lowest BCUT2D eigenvalue weighted by atomic mass is 9.74. The highest BCUT2D eigenvalue weighted by atomic mass is 16.4. The Morgan fingerprint density at radius 2 is 1.93 bits per heavy atom. The van der Waals surface area contributed by atoms with Crippen molar-refractivity contribution in [1.29, 1.82) is 0 Å². The number of hydrogen-bond acceptors (Lipinski definition) is 2. The van der Waals surface area contributed by atoms with Crippen molar-refractivity contribution in [3.63, 3.8) is 0 Å². The van der Waals surface area contributed by atoms with Gasteiger partial charge in [0.2, 0.25) is 0 Å². The summed E-state index contributed by atoms with van der Waals surface area (Å²) in [7, 11) is 0. The van der Waals surface area contributed by atoms with Gasteiger partial charge in [0.25, 0.3) is 0 Å². The predicted octanol–water partition coefficient (Wildman–Crippen LogP) is 1.97. The number of hydrogen-bond donors (Lipinski definition) is 1. The molecule has 0 unspecified atom stereocenters. The molecule has 0 aromatic rings. The van der Waals surface area contributed by atoms with E-state index in [-0.39, 0.29) is 5.54 Å². The van der Waals surface area contributed by atoms with Crippen LogP contribution < -0.4 is 0 Å². The van der Waals surface area contributed by atoms with E-state index in [0.29, 0.717) is 13.1 Å². The molecular weight excluding hydrogens is 178 g/mol. The van der Waals surface area contributed by atoms with E-state index < -0.39 is 11.4 Å². The third-order valence-electron chi connectivity index (χ3n) is 3.12. The Hall–Kier alpha value is -0.570. The Morgan fingerprint density at radius 3 is 2.21 bits per heavy atom. The molecule has 1 N–H and O–H groups in total. The third-order valence-corrected chi connectivity index (χ3v) is 3.12. The van der Waals surface area contributed by atoms with E-state index in [1.54, 1.807) is 0 Å². The standard InChI is InChI=1S/C11H21NO2/c1-5-6-11(9(13)14)7-12(8-11)10(2,3)4/h5-8H2,1-4H3,(H,13,14). The van der Waals surface area contributed by atoms with Crippen LogP contribution in [0.2, 0.25) is 0 Å². The summed E-state index contributed by atoms with van der Waals surface area (Å²) in [5.41, 5.74) is -0.352. The minimum atomic E-state index is -0.625. The van der Waals surface area contributed by atoms with Gasteiger partial charge in [-0.05, 0) is 27.2 Å². The summed E-state index contributed by atoms with van der Waals surface area (Å²) in [6, 6.07) is 0. The zero-order chi connectivity index (χ0) is 11.0. The molecule has 1 heterocycles. The minimum Gasteiger partial charge on any atom is -0.481 e. The Kier molecular flexibility index (Phi) is 2.91. The van der Waals surface area contributed by atoms with Crippen LogP contribution in [-0.2, 0) is 4.79 Å². The molecule has 0 aromatic carbocycles. The molecule has 3 nitrogen and oxygen atoms in total. The van der Waals surface area contributed by atoms with Crippen LogP contribution >= 0.6 is 0 Å². The summed E-state index contributed by atoms with van der Waals surface area (Å²) in [4.78, 5) is 13.4. The predicted molar refractivity (Wildman–Crippen MR) is 56.3 cm³/mol. The molecule has 3 heteroatoms. The van der Waals surface area contributed by atoms with Crippen molar-refractivity contribution in [2.75, 3.05) is 13.1 Å². The number of carboxylic acids is 1. The molecule has 1 fully saturated rings. The SMILES string of the molecule is CCCC1(C(=O)O)CN(C(C)(C)C)C1. The summed E-state index contributed by atoms with van der Waals surface area (Å²) in [5.74, 6) is -0.625. The molecule has 0 amide bonds. The summed E-state index contributed by atoms with van der Waals surface area (Å²) >= 11 is 0. The first kappa shape index (κ1) is 11.5. The van der Waals surface area contributed by atoms with E-state index in [2.05, 4.69) is 25.7 Å². The van der Waals surface area contributed by atoms with Crippen LogP contribution in [0.5, 0.6) is 0 Å². The van der Waals surface area contributed by atoms with Crippen molar-refractivity contribution in [1.82, 2.24) is 4.90 Å². The second-order valence-electron chi connectivity index (χ2n) is 5.36. The van der Waals surface area contributed by atoms with E-state index in [1.807, 2.05) is 6.92 Å². The van der Waals surface area contributed by atoms with Crippen molar-refractivity contribution in [3.8, 4) is 0 Å². The van der Waals surface area contributed by atoms with E-state index >= 15 is 0 Å². The monoisotopic (exact) mass is 199 g/mol. The maximum atomic E-state index is 11.1. The highest BCUT2D eigenvalue weighted by molar-refractivity contribution is 5.76. The zero-order valence-electron chi connectivity index (χ0n) is 9.63. The average molecular weight is 199 g/mol. The molecule has 14 heavy (non-hydrogen) atoms. The van der Waals surface area contributed by atoms with Crippen molar-refractivity contribution >= 4 is 5.97 Å². The van der Waals surface area contributed by atoms with Crippen LogP contribution in [-0.4, -0.2) is 34.6 Å². The minimum absolute atomic E-state index is 0.104. The fraction of sp³-hybridized carbons (Fsp3) is 0.909. The second kappa shape index (κ2) is 3.54. The van der Waals surface area contributed by atoms with Crippen molar-refractivity contribution in [3.05, 3.63) is 0 Å². The first-order valence-corrected chi connectivity index (χ1v) is 5.30. The third kappa shape index (κ3) is 1.92. The number of nitrogens with zero attached hydrogens (tertiary/aromatic N) is 1. The Bertz CT molecular complexity index is 224. The van der Waals surface area contributed by atoms with Crippen molar-refractivity contribution in [2.45, 2.75) is 46.1 Å². The van der Waals surface area contributed by atoms with Crippen LogP contribution in [0.1, 0.15) is 40.5 Å². The lowest BCUT2D eigenvalue weighted by molar-refractivity contribution is -0.167. The van der Waals surface area contributed by atoms with E-state index in [4.69, 9.17) is 0 Å². The highest BCUT2D eigenvalue weighted by Gasteiger charge is 2.51. The molecule has 0 aliphatic carbocycles. The van der Waals surface area contributed by atoms with Gasteiger partial charge in [-0.1, -0.05) is 13.3 Å². The molecule has 1 aliphatic heterocycles. The Labute approximate surface area is 86.1 Å². The summed E-state index contributed by atoms with van der Waals surface area (Å²) in [5, 5.41) is 9.17. The van der Waals surface area contributed by atoms with E-state index in [0.717, 1.165) is 12.8 Å². The van der Waals surface area contributed by atoms with Crippen LogP contribution in [0.3, 0.4) is 0 Å². The maximum absolute atomic E-state index is 11.1. The summed E-state index contributed by atoms with van der Waals surface area (Å²) in [6.45, 7) is 9.85. The van der Waals surface area contributed by atoms with E-state index in [1.165, 1.54) is 0 Å². The molecule has 0 spiro atoms. The van der Waals surface area contributed by atoms with Crippen molar-refractivity contribution < 1.29 is 9.90 Å². The summed E-state index contributed by atoms with van der Waals surface area (Å²) in [6.07, 6.45) is 1.75. The molecule has 0 aromatic heterocycles. The lowest BCUT2D eigenvalue weighted by Crippen LogP contribution is -2.65. The Balaban J connectivity index is 2.60. The lowest BCUT2D eigenvalue weighted by Gasteiger charge is -2.53. The Morgan fingerprint density at radius 1 is 1.43 bits per heavy atom. The smallest absolute Gasteiger partial charge is 0.312 e. The fourth-order valence-electron chi connectivity index (χ4n) is 2.04. The molecule has 0 radical (unpaired) electrons. The van der Waals surface area contributed by atoms with Gasteiger partial charge in [0.1, 0.15) is 0 Å². The maximum Gasteiger partial charge on any atom is 0.312 e. The largest absolute Gasteiger partial charge is 0.481 e. The highest BCUT2D eigenvalue weighted by Crippen LogP contribution is 2.39. The molecule has 1 aliphatic rings. The number of aliphatic carboxylic acids is 1. The molecule has 0 saturated carbocycles. The first-order chi connectivity index (χ1) is 6.32. The van der Waals surface area contributed by atoms with Gasteiger partial charge in [-0.15, -0.1) is 0 Å². The number of carboxylic acid groups (broad SMARTS) is 1. The fourth-order valence-corrected chi connectivity index (χ4v) is 2.04. The first-order valence-electron chi connectivity index (χ1n) is 5.30. The molecule has 82 valence electrons. The van der Waals surface area contributed by atoms with Crippen LogP contribution in [0.15, 0.2) is 0 Å². The van der Waals surface area contributed by atoms with Crippen LogP contribution in [0.4, 0.5) is 0 Å².